The summed E-state index contributed by atoms with van der Waals surface area (Å²) < 4.78 is 6.23. The highest BCUT2D eigenvalue weighted by atomic mass is 79.9. The van der Waals surface area contributed by atoms with E-state index in [-0.39, 0.29) is 5.96 Å². The van der Waals surface area contributed by atoms with Crippen molar-refractivity contribution in [3.8, 4) is 5.75 Å². The highest BCUT2D eigenvalue weighted by Crippen LogP contribution is 2.25. The maximum atomic E-state index is 5.41. The Kier molecular flexibility index (Phi) is 5.22. The lowest BCUT2D eigenvalue weighted by atomic mass is 10.2. The van der Waals surface area contributed by atoms with Crippen LogP contribution in [0.15, 0.2) is 45.5 Å². The molecule has 0 bridgehead atoms. The number of guanidine groups is 1. The summed E-state index contributed by atoms with van der Waals surface area (Å²) in [6.45, 7) is 4.04. The van der Waals surface area contributed by atoms with Crippen LogP contribution in [0.2, 0.25) is 0 Å². The van der Waals surface area contributed by atoms with Gasteiger partial charge in [-0.25, -0.2) is 0 Å². The number of hydrogen-bond acceptors (Lipinski definition) is 3. The van der Waals surface area contributed by atoms with Crippen molar-refractivity contribution in [3.63, 3.8) is 0 Å². The molecule has 0 atom stereocenters. The number of nitrogens with zero attached hydrogens (tertiary/aromatic N) is 2. The van der Waals surface area contributed by atoms with Gasteiger partial charge in [-0.3, -0.25) is 0 Å². The van der Waals surface area contributed by atoms with Gasteiger partial charge in [0.2, 0.25) is 5.96 Å². The molecule has 1 rings (SSSR count). The van der Waals surface area contributed by atoms with Gasteiger partial charge in [-0.2, -0.15) is 5.10 Å². The molecule has 0 aliphatic rings. The van der Waals surface area contributed by atoms with Crippen molar-refractivity contribution in [2.45, 2.75) is 0 Å². The molecule has 0 spiro atoms. The molecule has 6 heteroatoms. The summed E-state index contributed by atoms with van der Waals surface area (Å²) in [5, 5.41) is 7.21. The molecule has 4 N–H and O–H groups in total. The fourth-order valence-electron chi connectivity index (χ4n) is 1.03. The highest BCUT2D eigenvalue weighted by Gasteiger charge is 2.00. The quantitative estimate of drug-likeness (QED) is 0.375. The summed E-state index contributed by atoms with van der Waals surface area (Å²) in [6, 6.07) is 5.52. The summed E-state index contributed by atoms with van der Waals surface area (Å²) >= 11 is 3.39. The van der Waals surface area contributed by atoms with Crippen molar-refractivity contribution in [2.24, 2.45) is 21.7 Å². The molecule has 0 saturated carbocycles. The second-order valence-electron chi connectivity index (χ2n) is 3.06. The number of rotatable bonds is 5. The first-order chi connectivity index (χ1) is 8.13. The zero-order valence-electron chi connectivity index (χ0n) is 9.14. The minimum Gasteiger partial charge on any atom is -0.488 e. The summed E-state index contributed by atoms with van der Waals surface area (Å²) in [7, 11) is 0. The Bertz CT molecular complexity index is 453. The van der Waals surface area contributed by atoms with Crippen LogP contribution in [0.4, 0.5) is 0 Å². The standard InChI is InChI=1S/C11H13BrN4O/c1-2-5-17-10-4-3-8(6-9(10)12)7-15-16-11(13)14/h2-4,6-7H,1,5H2,(H4,13,14,16)/b15-7-. The number of ether oxygens (including phenoxy) is 1. The van der Waals surface area contributed by atoms with Gasteiger partial charge < -0.3 is 16.2 Å². The average Bonchev–Trinajstić information content (AvgIpc) is 2.27. The Labute approximate surface area is 108 Å². The van der Waals surface area contributed by atoms with E-state index in [9.17, 15) is 0 Å². The molecule has 0 aliphatic carbocycles. The highest BCUT2D eigenvalue weighted by molar-refractivity contribution is 9.10. The molecule has 1 aromatic rings. The molecular weight excluding hydrogens is 284 g/mol. The third kappa shape index (κ3) is 4.69. The molecule has 17 heavy (non-hydrogen) atoms. The van der Waals surface area contributed by atoms with Crippen molar-refractivity contribution in [1.82, 2.24) is 0 Å². The van der Waals surface area contributed by atoms with Crippen LogP contribution in [0.5, 0.6) is 5.75 Å². The van der Waals surface area contributed by atoms with Crippen LogP contribution in [-0.2, 0) is 0 Å². The maximum Gasteiger partial charge on any atom is 0.211 e. The van der Waals surface area contributed by atoms with Crippen LogP contribution in [0.25, 0.3) is 0 Å². The van der Waals surface area contributed by atoms with Crippen LogP contribution >= 0.6 is 15.9 Å². The maximum absolute atomic E-state index is 5.41. The van der Waals surface area contributed by atoms with E-state index in [1.54, 1.807) is 12.3 Å². The van der Waals surface area contributed by atoms with Gasteiger partial charge in [-0.15, -0.1) is 5.10 Å². The summed E-state index contributed by atoms with van der Waals surface area (Å²) in [5.74, 6) is 0.662. The third-order valence-corrected chi connectivity index (χ3v) is 2.31. The molecule has 0 aromatic heterocycles. The Morgan fingerprint density at radius 1 is 1.47 bits per heavy atom. The lowest BCUT2D eigenvalue weighted by Gasteiger charge is -2.05. The zero-order valence-corrected chi connectivity index (χ0v) is 10.7. The Balaban J connectivity index is 2.78. The molecular formula is C11H13BrN4O. The molecule has 0 radical (unpaired) electrons. The average molecular weight is 297 g/mol. The van der Waals surface area contributed by atoms with Gasteiger partial charge in [0.05, 0.1) is 10.7 Å². The fourth-order valence-corrected chi connectivity index (χ4v) is 1.54. The zero-order chi connectivity index (χ0) is 12.7. The first-order valence-electron chi connectivity index (χ1n) is 4.78. The fraction of sp³-hybridized carbons (Fsp3) is 0.0909. The molecule has 0 fully saturated rings. The van der Waals surface area contributed by atoms with Crippen LogP contribution < -0.4 is 16.2 Å². The smallest absolute Gasteiger partial charge is 0.211 e. The van der Waals surface area contributed by atoms with E-state index in [0.29, 0.717) is 6.61 Å². The van der Waals surface area contributed by atoms with Crippen LogP contribution in [0.3, 0.4) is 0 Å². The van der Waals surface area contributed by atoms with Gasteiger partial charge in [0.25, 0.3) is 0 Å². The van der Waals surface area contributed by atoms with E-state index in [1.165, 1.54) is 0 Å². The number of benzene rings is 1. The third-order valence-electron chi connectivity index (χ3n) is 1.69. The summed E-state index contributed by atoms with van der Waals surface area (Å²) in [6.07, 6.45) is 3.22. The van der Waals surface area contributed by atoms with Gasteiger partial charge in [0, 0.05) is 0 Å². The van der Waals surface area contributed by atoms with Crippen molar-refractivity contribution >= 4 is 28.1 Å². The van der Waals surface area contributed by atoms with E-state index < -0.39 is 0 Å². The minimum absolute atomic E-state index is 0.0775. The molecule has 5 nitrogen and oxygen atoms in total. The lowest BCUT2D eigenvalue weighted by Crippen LogP contribution is -2.21. The summed E-state index contributed by atoms with van der Waals surface area (Å²) in [5.41, 5.74) is 11.1. The van der Waals surface area contributed by atoms with Crippen molar-refractivity contribution in [3.05, 3.63) is 40.9 Å². The molecule has 0 aliphatic heterocycles. The van der Waals surface area contributed by atoms with Crippen molar-refractivity contribution in [2.75, 3.05) is 6.61 Å². The van der Waals surface area contributed by atoms with Crippen LogP contribution in [-0.4, -0.2) is 18.8 Å². The van der Waals surface area contributed by atoms with E-state index in [1.807, 2.05) is 18.2 Å². The van der Waals surface area contributed by atoms with Crippen molar-refractivity contribution < 1.29 is 4.74 Å². The molecule has 1 aromatic carbocycles. The topological polar surface area (TPSA) is 86.0 Å². The van der Waals surface area contributed by atoms with Gasteiger partial charge >= 0.3 is 0 Å². The van der Waals surface area contributed by atoms with Crippen molar-refractivity contribution in [1.29, 1.82) is 0 Å². The molecule has 0 heterocycles. The predicted octanol–water partition coefficient (Wildman–Crippen LogP) is 1.62. The molecule has 90 valence electrons. The second kappa shape index (κ2) is 6.70. The summed E-state index contributed by atoms with van der Waals surface area (Å²) in [4.78, 5) is 0. The monoisotopic (exact) mass is 296 g/mol. The number of nitrogens with two attached hydrogens (primary N) is 2. The Morgan fingerprint density at radius 3 is 2.82 bits per heavy atom. The molecule has 0 saturated heterocycles. The van der Waals surface area contributed by atoms with Gasteiger partial charge in [-0.1, -0.05) is 12.7 Å². The van der Waals surface area contributed by atoms with E-state index in [0.717, 1.165) is 15.8 Å². The van der Waals surface area contributed by atoms with Gasteiger partial charge in [0.1, 0.15) is 12.4 Å². The predicted molar refractivity (Wildman–Crippen MR) is 73.2 cm³/mol. The van der Waals surface area contributed by atoms with E-state index >= 15 is 0 Å². The van der Waals surface area contributed by atoms with E-state index in [4.69, 9.17) is 16.2 Å². The minimum atomic E-state index is -0.0775. The number of hydrogen-bond donors (Lipinski definition) is 2. The van der Waals surface area contributed by atoms with Crippen LogP contribution in [0, 0.1) is 0 Å². The Morgan fingerprint density at radius 2 is 2.24 bits per heavy atom. The first kappa shape index (κ1) is 13.2. The molecule has 0 unspecified atom stereocenters. The van der Waals surface area contributed by atoms with E-state index in [2.05, 4.69) is 32.7 Å². The number of halogens is 1. The first-order valence-corrected chi connectivity index (χ1v) is 5.58. The van der Waals surface area contributed by atoms with Crippen LogP contribution in [0.1, 0.15) is 5.56 Å². The van der Waals surface area contributed by atoms with Gasteiger partial charge in [-0.05, 0) is 39.7 Å². The Hall–Kier alpha value is -1.82. The van der Waals surface area contributed by atoms with Gasteiger partial charge in [0.15, 0.2) is 0 Å². The second-order valence-corrected chi connectivity index (χ2v) is 3.91. The SMILES string of the molecule is C=CCOc1ccc(/C=N\N=C(N)N)cc1Br. The normalized spacial score (nSPS) is 10.2. The molecule has 0 amide bonds. The largest absolute Gasteiger partial charge is 0.488 e. The lowest BCUT2D eigenvalue weighted by molar-refractivity contribution is 0.361.